The van der Waals surface area contributed by atoms with E-state index >= 15 is 0 Å². The SMILES string of the molecule is CCN(CC)C(=O)CC(C)CC(=O)c1cc(CCCCc2ccc(C)cc2)cs1. The maximum atomic E-state index is 12.6. The fourth-order valence-electron chi connectivity index (χ4n) is 3.56. The topological polar surface area (TPSA) is 37.4 Å². The zero-order valence-corrected chi connectivity index (χ0v) is 19.2. The second kappa shape index (κ2) is 11.9. The average Bonchev–Trinajstić information content (AvgIpc) is 3.16. The number of hydrogen-bond acceptors (Lipinski definition) is 3. The van der Waals surface area contributed by atoms with Crippen molar-refractivity contribution in [1.82, 2.24) is 4.90 Å². The van der Waals surface area contributed by atoms with E-state index < -0.39 is 0 Å². The van der Waals surface area contributed by atoms with Gasteiger partial charge in [0.2, 0.25) is 5.91 Å². The summed E-state index contributed by atoms with van der Waals surface area (Å²) in [5.41, 5.74) is 3.95. The first-order valence-corrected chi connectivity index (χ1v) is 11.7. The van der Waals surface area contributed by atoms with Crippen LogP contribution in [0.4, 0.5) is 0 Å². The molecule has 1 unspecified atom stereocenters. The van der Waals surface area contributed by atoms with Crippen LogP contribution in [-0.2, 0) is 17.6 Å². The maximum Gasteiger partial charge on any atom is 0.222 e. The van der Waals surface area contributed by atoms with Crippen LogP contribution < -0.4 is 0 Å². The molecule has 0 saturated carbocycles. The molecule has 0 spiro atoms. The Morgan fingerprint density at radius 1 is 0.966 bits per heavy atom. The van der Waals surface area contributed by atoms with E-state index in [0.29, 0.717) is 12.8 Å². The summed E-state index contributed by atoms with van der Waals surface area (Å²) in [6.07, 6.45) is 5.31. The third-order valence-corrected chi connectivity index (χ3v) is 6.42. The van der Waals surface area contributed by atoms with Gasteiger partial charge < -0.3 is 4.90 Å². The van der Waals surface area contributed by atoms with Crippen molar-refractivity contribution in [3.8, 4) is 0 Å². The van der Waals surface area contributed by atoms with Gasteiger partial charge in [-0.25, -0.2) is 0 Å². The summed E-state index contributed by atoms with van der Waals surface area (Å²) >= 11 is 1.54. The molecule has 29 heavy (non-hydrogen) atoms. The molecule has 3 nitrogen and oxygen atoms in total. The van der Waals surface area contributed by atoms with E-state index in [0.717, 1.165) is 43.6 Å². The number of hydrogen-bond donors (Lipinski definition) is 0. The number of ketones is 1. The molecule has 0 aliphatic heterocycles. The third kappa shape index (κ3) is 7.77. The van der Waals surface area contributed by atoms with E-state index in [2.05, 4.69) is 42.6 Å². The minimum Gasteiger partial charge on any atom is -0.343 e. The molecule has 1 aromatic carbocycles. The molecule has 0 fully saturated rings. The molecule has 1 heterocycles. The normalized spacial score (nSPS) is 12.0. The molecule has 2 aromatic rings. The number of amides is 1. The van der Waals surface area contributed by atoms with Gasteiger partial charge in [0.15, 0.2) is 5.78 Å². The monoisotopic (exact) mass is 413 g/mol. The zero-order valence-electron chi connectivity index (χ0n) is 18.4. The summed E-state index contributed by atoms with van der Waals surface area (Å²) in [6.45, 7) is 9.56. The first-order chi connectivity index (χ1) is 13.9. The van der Waals surface area contributed by atoms with Crippen molar-refractivity contribution in [1.29, 1.82) is 0 Å². The van der Waals surface area contributed by atoms with Gasteiger partial charge in [-0.15, -0.1) is 11.3 Å². The van der Waals surface area contributed by atoms with Crippen molar-refractivity contribution < 1.29 is 9.59 Å². The van der Waals surface area contributed by atoms with Crippen LogP contribution in [0.1, 0.15) is 72.8 Å². The fraction of sp³-hybridized carbons (Fsp3) is 0.520. The van der Waals surface area contributed by atoms with Crippen LogP contribution in [0.25, 0.3) is 0 Å². The fourth-order valence-corrected chi connectivity index (χ4v) is 4.46. The van der Waals surface area contributed by atoms with Crippen LogP contribution in [0.2, 0.25) is 0 Å². The molecule has 1 atom stereocenters. The van der Waals surface area contributed by atoms with E-state index in [4.69, 9.17) is 0 Å². The van der Waals surface area contributed by atoms with Gasteiger partial charge in [-0.2, -0.15) is 0 Å². The van der Waals surface area contributed by atoms with Gasteiger partial charge >= 0.3 is 0 Å². The first-order valence-electron chi connectivity index (χ1n) is 10.9. The molecule has 1 amide bonds. The van der Waals surface area contributed by atoms with Crippen molar-refractivity contribution in [2.24, 2.45) is 5.92 Å². The van der Waals surface area contributed by atoms with Gasteiger partial charge in [0.05, 0.1) is 4.88 Å². The Bertz CT molecular complexity index is 774. The molecule has 4 heteroatoms. The Labute approximate surface area is 180 Å². The van der Waals surface area contributed by atoms with Gasteiger partial charge in [0.25, 0.3) is 0 Å². The highest BCUT2D eigenvalue weighted by Crippen LogP contribution is 2.22. The number of thiophene rings is 1. The van der Waals surface area contributed by atoms with Crippen LogP contribution in [0.15, 0.2) is 35.7 Å². The summed E-state index contributed by atoms with van der Waals surface area (Å²) in [6, 6.07) is 10.8. The lowest BCUT2D eigenvalue weighted by atomic mass is 9.99. The Balaban J connectivity index is 1.74. The smallest absolute Gasteiger partial charge is 0.222 e. The number of carbonyl (C=O) groups is 2. The largest absolute Gasteiger partial charge is 0.343 e. The van der Waals surface area contributed by atoms with Crippen LogP contribution in [0, 0.1) is 12.8 Å². The van der Waals surface area contributed by atoms with Crippen molar-refractivity contribution in [2.75, 3.05) is 13.1 Å². The van der Waals surface area contributed by atoms with Crippen molar-refractivity contribution >= 4 is 23.0 Å². The molecule has 0 N–H and O–H groups in total. The number of benzene rings is 1. The van der Waals surface area contributed by atoms with Crippen molar-refractivity contribution in [3.63, 3.8) is 0 Å². The predicted octanol–water partition coefficient (Wildman–Crippen LogP) is 6.09. The number of Topliss-reactive ketones (excluding diaryl/α,β-unsaturated/α-hetero) is 1. The van der Waals surface area contributed by atoms with Crippen LogP contribution >= 0.6 is 11.3 Å². The van der Waals surface area contributed by atoms with Crippen LogP contribution in [0.5, 0.6) is 0 Å². The zero-order chi connectivity index (χ0) is 21.2. The lowest BCUT2D eigenvalue weighted by Crippen LogP contribution is -2.31. The number of unbranched alkanes of at least 4 members (excludes halogenated alkanes) is 1. The lowest BCUT2D eigenvalue weighted by molar-refractivity contribution is -0.131. The van der Waals surface area contributed by atoms with Gasteiger partial charge in [-0.3, -0.25) is 9.59 Å². The molecular weight excluding hydrogens is 378 g/mol. The second-order valence-electron chi connectivity index (χ2n) is 8.01. The average molecular weight is 414 g/mol. The summed E-state index contributed by atoms with van der Waals surface area (Å²) < 4.78 is 0. The van der Waals surface area contributed by atoms with Gasteiger partial charge in [0, 0.05) is 25.9 Å². The highest BCUT2D eigenvalue weighted by Gasteiger charge is 2.18. The van der Waals surface area contributed by atoms with E-state index in [-0.39, 0.29) is 17.6 Å². The Hall–Kier alpha value is -1.94. The first kappa shape index (κ1) is 23.3. The van der Waals surface area contributed by atoms with Crippen molar-refractivity contribution in [3.05, 3.63) is 57.3 Å². The summed E-state index contributed by atoms with van der Waals surface area (Å²) in [5, 5.41) is 2.12. The molecule has 1 aromatic heterocycles. The minimum atomic E-state index is 0.0793. The molecule has 2 rings (SSSR count). The van der Waals surface area contributed by atoms with E-state index in [1.54, 1.807) is 11.3 Å². The second-order valence-corrected chi connectivity index (χ2v) is 8.93. The lowest BCUT2D eigenvalue weighted by Gasteiger charge is -2.20. The molecular formula is C25H35NO2S. The predicted molar refractivity (Wildman–Crippen MR) is 123 cm³/mol. The Morgan fingerprint density at radius 2 is 1.59 bits per heavy atom. The molecule has 0 saturated heterocycles. The van der Waals surface area contributed by atoms with Gasteiger partial charge in [-0.05, 0) is 74.9 Å². The highest BCUT2D eigenvalue weighted by molar-refractivity contribution is 7.12. The molecule has 0 radical (unpaired) electrons. The summed E-state index contributed by atoms with van der Waals surface area (Å²) in [4.78, 5) is 27.5. The van der Waals surface area contributed by atoms with E-state index in [1.165, 1.54) is 16.7 Å². The van der Waals surface area contributed by atoms with Crippen LogP contribution in [-0.4, -0.2) is 29.7 Å². The molecule has 0 aliphatic rings. The summed E-state index contributed by atoms with van der Waals surface area (Å²) in [7, 11) is 0. The van der Waals surface area contributed by atoms with Gasteiger partial charge in [0.1, 0.15) is 0 Å². The number of nitrogens with zero attached hydrogens (tertiary/aromatic N) is 1. The Morgan fingerprint density at radius 3 is 2.21 bits per heavy atom. The van der Waals surface area contributed by atoms with E-state index in [9.17, 15) is 9.59 Å². The minimum absolute atomic E-state index is 0.0793. The van der Waals surface area contributed by atoms with Crippen molar-refractivity contribution in [2.45, 2.75) is 66.2 Å². The summed E-state index contributed by atoms with van der Waals surface area (Å²) in [5.74, 6) is 0.396. The van der Waals surface area contributed by atoms with Crippen LogP contribution in [0.3, 0.4) is 0 Å². The molecule has 158 valence electrons. The number of rotatable bonds is 12. The molecule has 0 bridgehead atoms. The maximum absolute atomic E-state index is 12.6. The highest BCUT2D eigenvalue weighted by atomic mass is 32.1. The van der Waals surface area contributed by atoms with Gasteiger partial charge in [-0.1, -0.05) is 36.8 Å². The number of carbonyl (C=O) groups excluding carboxylic acids is 2. The molecule has 0 aliphatic carbocycles. The quantitative estimate of drug-likeness (QED) is 0.312. The number of aryl methyl sites for hydroxylation is 3. The van der Waals surface area contributed by atoms with E-state index in [1.807, 2.05) is 25.7 Å². The Kier molecular flexibility index (Phi) is 9.59. The third-order valence-electron chi connectivity index (χ3n) is 5.40. The standard InChI is InChI=1S/C25H35NO2S/c1-5-26(6-2)25(28)16-20(4)15-23(27)24-17-22(18-29-24)10-8-7-9-21-13-11-19(3)12-14-21/h11-14,17-18,20H,5-10,15-16H2,1-4H3.